The Bertz CT molecular complexity index is 628. The Labute approximate surface area is 126 Å². The molecule has 0 saturated carbocycles. The Morgan fingerprint density at radius 1 is 1.10 bits per heavy atom. The molecule has 0 atom stereocenters. The molecule has 2 aromatic carbocycles. The van der Waals surface area contributed by atoms with Crippen molar-refractivity contribution in [2.45, 2.75) is 6.54 Å². The maximum atomic E-state index is 13.6. The second-order valence-electron chi connectivity index (χ2n) is 4.41. The van der Waals surface area contributed by atoms with Crippen LogP contribution in [0.3, 0.4) is 0 Å². The summed E-state index contributed by atoms with van der Waals surface area (Å²) in [6, 6.07) is 11.1. The van der Waals surface area contributed by atoms with E-state index in [1.807, 2.05) is 12.1 Å². The van der Waals surface area contributed by atoms with Crippen LogP contribution >= 0.6 is 23.2 Å². The average Bonchev–Trinajstić information content (AvgIpc) is 2.43. The maximum Gasteiger partial charge on any atom is 0.256 e. The van der Waals surface area contributed by atoms with E-state index in [1.54, 1.807) is 19.2 Å². The SMILES string of the molecule is CN(Cc1ccc(Cl)cc1)C(=O)c1cc(Cl)ccc1F. The Balaban J connectivity index is 2.16. The van der Waals surface area contributed by atoms with Crippen molar-refractivity contribution >= 4 is 29.1 Å². The van der Waals surface area contributed by atoms with E-state index in [0.717, 1.165) is 5.56 Å². The molecule has 0 aromatic heterocycles. The molecule has 0 spiro atoms. The molecule has 0 radical (unpaired) electrons. The Hall–Kier alpha value is -1.58. The zero-order valence-corrected chi connectivity index (χ0v) is 12.2. The summed E-state index contributed by atoms with van der Waals surface area (Å²) in [7, 11) is 1.61. The first-order chi connectivity index (χ1) is 9.47. The molecule has 20 heavy (non-hydrogen) atoms. The summed E-state index contributed by atoms with van der Waals surface area (Å²) in [5.41, 5.74) is 0.877. The van der Waals surface area contributed by atoms with Crippen LogP contribution in [0.5, 0.6) is 0 Å². The number of hydrogen-bond donors (Lipinski definition) is 0. The largest absolute Gasteiger partial charge is 0.337 e. The van der Waals surface area contributed by atoms with Crippen molar-refractivity contribution < 1.29 is 9.18 Å². The maximum absolute atomic E-state index is 13.6. The lowest BCUT2D eigenvalue weighted by Crippen LogP contribution is -2.27. The molecule has 0 N–H and O–H groups in total. The summed E-state index contributed by atoms with van der Waals surface area (Å²) in [5.74, 6) is -0.998. The first kappa shape index (κ1) is 14.8. The number of amides is 1. The lowest BCUT2D eigenvalue weighted by Gasteiger charge is -2.18. The van der Waals surface area contributed by atoms with E-state index in [1.165, 1.54) is 23.1 Å². The minimum absolute atomic E-state index is 0.0334. The first-order valence-electron chi connectivity index (χ1n) is 5.92. The third-order valence-electron chi connectivity index (χ3n) is 2.84. The second kappa shape index (κ2) is 6.25. The second-order valence-corrected chi connectivity index (χ2v) is 5.28. The fourth-order valence-electron chi connectivity index (χ4n) is 1.80. The molecule has 5 heteroatoms. The molecule has 0 bridgehead atoms. The minimum Gasteiger partial charge on any atom is -0.337 e. The van der Waals surface area contributed by atoms with Gasteiger partial charge in [-0.25, -0.2) is 4.39 Å². The summed E-state index contributed by atoms with van der Waals surface area (Å²) in [6.07, 6.45) is 0. The van der Waals surface area contributed by atoms with E-state index in [9.17, 15) is 9.18 Å². The van der Waals surface area contributed by atoms with Gasteiger partial charge in [0.25, 0.3) is 5.91 Å². The Kier molecular flexibility index (Phi) is 4.63. The fourth-order valence-corrected chi connectivity index (χ4v) is 2.10. The molecule has 0 heterocycles. The first-order valence-corrected chi connectivity index (χ1v) is 6.68. The molecule has 1 amide bonds. The zero-order valence-electron chi connectivity index (χ0n) is 10.7. The lowest BCUT2D eigenvalue weighted by atomic mass is 10.1. The smallest absolute Gasteiger partial charge is 0.256 e. The highest BCUT2D eigenvalue weighted by Gasteiger charge is 2.16. The molecular weight excluding hydrogens is 300 g/mol. The van der Waals surface area contributed by atoms with Crippen LogP contribution in [0.25, 0.3) is 0 Å². The van der Waals surface area contributed by atoms with E-state index in [2.05, 4.69) is 0 Å². The van der Waals surface area contributed by atoms with Gasteiger partial charge in [-0.05, 0) is 35.9 Å². The molecule has 0 aliphatic heterocycles. The van der Waals surface area contributed by atoms with Crippen molar-refractivity contribution in [2.24, 2.45) is 0 Å². The highest BCUT2D eigenvalue weighted by atomic mass is 35.5. The summed E-state index contributed by atoms with van der Waals surface area (Å²) in [4.78, 5) is 13.6. The summed E-state index contributed by atoms with van der Waals surface area (Å²) in [5, 5.41) is 0.957. The van der Waals surface area contributed by atoms with Crippen LogP contribution in [0.1, 0.15) is 15.9 Å². The van der Waals surface area contributed by atoms with Crippen LogP contribution in [0.2, 0.25) is 10.0 Å². The van der Waals surface area contributed by atoms with E-state index >= 15 is 0 Å². The van der Waals surface area contributed by atoms with Gasteiger partial charge >= 0.3 is 0 Å². The molecule has 0 aliphatic rings. The van der Waals surface area contributed by atoms with Crippen LogP contribution < -0.4 is 0 Å². The van der Waals surface area contributed by atoms with Crippen LogP contribution in [0.15, 0.2) is 42.5 Å². The number of benzene rings is 2. The van der Waals surface area contributed by atoms with Gasteiger partial charge in [-0.15, -0.1) is 0 Å². The predicted molar refractivity (Wildman–Crippen MR) is 78.7 cm³/mol. The molecule has 2 rings (SSSR count). The Morgan fingerprint density at radius 2 is 1.70 bits per heavy atom. The van der Waals surface area contributed by atoms with Gasteiger partial charge in [0, 0.05) is 23.6 Å². The van der Waals surface area contributed by atoms with E-state index < -0.39 is 11.7 Å². The molecule has 104 valence electrons. The van der Waals surface area contributed by atoms with E-state index in [0.29, 0.717) is 16.6 Å². The summed E-state index contributed by atoms with van der Waals surface area (Å²) in [6.45, 7) is 0.363. The molecule has 0 fully saturated rings. The fraction of sp³-hybridized carbons (Fsp3) is 0.133. The molecule has 2 aromatic rings. The summed E-state index contributed by atoms with van der Waals surface area (Å²) >= 11 is 11.6. The van der Waals surface area contributed by atoms with Gasteiger partial charge in [0.15, 0.2) is 0 Å². The van der Waals surface area contributed by atoms with Crippen molar-refractivity contribution in [1.82, 2.24) is 4.90 Å². The van der Waals surface area contributed by atoms with Crippen molar-refractivity contribution in [1.29, 1.82) is 0 Å². The highest BCUT2D eigenvalue weighted by Crippen LogP contribution is 2.18. The number of rotatable bonds is 3. The third kappa shape index (κ3) is 3.50. The number of halogens is 3. The van der Waals surface area contributed by atoms with Crippen LogP contribution in [0.4, 0.5) is 4.39 Å². The molecule has 0 saturated heterocycles. The summed E-state index contributed by atoms with van der Waals surface area (Å²) < 4.78 is 13.6. The topological polar surface area (TPSA) is 20.3 Å². The number of carbonyl (C=O) groups excluding carboxylic acids is 1. The van der Waals surface area contributed by atoms with Gasteiger partial charge in [-0.1, -0.05) is 35.3 Å². The van der Waals surface area contributed by atoms with Gasteiger partial charge < -0.3 is 4.90 Å². The Morgan fingerprint density at radius 3 is 2.35 bits per heavy atom. The van der Waals surface area contributed by atoms with E-state index in [-0.39, 0.29) is 5.56 Å². The van der Waals surface area contributed by atoms with Gasteiger partial charge in [0.05, 0.1) is 5.56 Å². The normalized spacial score (nSPS) is 10.4. The predicted octanol–water partition coefficient (Wildman–Crippen LogP) is 4.40. The molecule has 0 aliphatic carbocycles. The molecule has 2 nitrogen and oxygen atoms in total. The van der Waals surface area contributed by atoms with Crippen LogP contribution in [0, 0.1) is 5.82 Å². The van der Waals surface area contributed by atoms with Gasteiger partial charge in [-0.3, -0.25) is 4.79 Å². The third-order valence-corrected chi connectivity index (χ3v) is 3.33. The van der Waals surface area contributed by atoms with Crippen molar-refractivity contribution in [3.8, 4) is 0 Å². The monoisotopic (exact) mass is 311 g/mol. The van der Waals surface area contributed by atoms with Crippen LogP contribution in [-0.2, 0) is 6.54 Å². The van der Waals surface area contributed by atoms with Crippen LogP contribution in [-0.4, -0.2) is 17.9 Å². The van der Waals surface area contributed by atoms with Crippen molar-refractivity contribution in [3.63, 3.8) is 0 Å². The number of nitrogens with zero attached hydrogens (tertiary/aromatic N) is 1. The van der Waals surface area contributed by atoms with Gasteiger partial charge in [0.1, 0.15) is 5.82 Å². The van der Waals surface area contributed by atoms with E-state index in [4.69, 9.17) is 23.2 Å². The van der Waals surface area contributed by atoms with Crippen molar-refractivity contribution in [2.75, 3.05) is 7.05 Å². The zero-order chi connectivity index (χ0) is 14.7. The lowest BCUT2D eigenvalue weighted by molar-refractivity contribution is 0.0780. The molecule has 0 unspecified atom stereocenters. The number of carbonyl (C=O) groups is 1. The highest BCUT2D eigenvalue weighted by molar-refractivity contribution is 6.31. The minimum atomic E-state index is -0.581. The quantitative estimate of drug-likeness (QED) is 0.822. The van der Waals surface area contributed by atoms with Gasteiger partial charge in [0.2, 0.25) is 0 Å². The molecular formula is C15H12Cl2FNO. The number of hydrogen-bond acceptors (Lipinski definition) is 1. The standard InChI is InChI=1S/C15H12Cl2FNO/c1-19(9-10-2-4-11(16)5-3-10)15(20)13-8-12(17)6-7-14(13)18/h2-8H,9H2,1H3. The van der Waals surface area contributed by atoms with Gasteiger partial charge in [-0.2, -0.15) is 0 Å². The average molecular weight is 312 g/mol. The van der Waals surface area contributed by atoms with Crippen molar-refractivity contribution in [3.05, 3.63) is 69.5 Å².